The zero-order chi connectivity index (χ0) is 14.2. The summed E-state index contributed by atoms with van der Waals surface area (Å²) in [6, 6.07) is 0. The largest absolute Gasteiger partial charge is 0.394 e. The predicted molar refractivity (Wildman–Crippen MR) is 71.8 cm³/mol. The summed E-state index contributed by atoms with van der Waals surface area (Å²) in [5, 5.41) is 19.0. The van der Waals surface area contributed by atoms with Gasteiger partial charge in [-0.1, -0.05) is 0 Å². The number of ether oxygens (including phenoxy) is 2. The van der Waals surface area contributed by atoms with Crippen molar-refractivity contribution >= 4 is 22.6 Å². The van der Waals surface area contributed by atoms with E-state index in [1.54, 1.807) is 22.6 Å². The van der Waals surface area contributed by atoms with Crippen LogP contribution in [0.1, 0.15) is 6.23 Å². The zero-order valence-corrected chi connectivity index (χ0v) is 12.1. The van der Waals surface area contributed by atoms with Crippen LogP contribution in [-0.4, -0.2) is 51.8 Å². The van der Waals surface area contributed by atoms with Crippen LogP contribution < -0.4 is 11.2 Å². The number of H-pyrrole nitrogens is 1. The Morgan fingerprint density at radius 2 is 2.26 bits per heavy atom. The van der Waals surface area contributed by atoms with Gasteiger partial charge in [0.15, 0.2) is 6.23 Å². The Balaban J connectivity index is 2.44. The monoisotopic (exact) mass is 384 g/mol. The molecule has 0 aromatic carbocycles. The maximum atomic E-state index is 11.8. The van der Waals surface area contributed by atoms with Gasteiger partial charge in [-0.15, -0.1) is 0 Å². The third-order valence-electron chi connectivity index (χ3n) is 2.96. The summed E-state index contributed by atoms with van der Waals surface area (Å²) in [6.45, 7) is -0.396. The van der Waals surface area contributed by atoms with Crippen LogP contribution in [-0.2, 0) is 9.47 Å². The van der Waals surface area contributed by atoms with Crippen LogP contribution in [0.15, 0.2) is 15.8 Å². The molecule has 2 heterocycles. The standard InChI is InChI=1S/C10H13IN2O6/c1-18-7-6(15)5(3-14)19-9(7)13-2-4(11)8(16)12-10(13)17/h2,5-7,9,14-15H,3H2,1H3,(H,12,16,17)/t5-,6+,7?,9-/m1/s1. The fourth-order valence-electron chi connectivity index (χ4n) is 2.00. The molecule has 0 aliphatic carbocycles. The maximum Gasteiger partial charge on any atom is 0.330 e. The molecule has 1 saturated heterocycles. The number of rotatable bonds is 3. The zero-order valence-electron chi connectivity index (χ0n) is 9.95. The summed E-state index contributed by atoms with van der Waals surface area (Å²) >= 11 is 1.78. The molecule has 1 fully saturated rings. The van der Waals surface area contributed by atoms with Gasteiger partial charge < -0.3 is 19.7 Å². The van der Waals surface area contributed by atoms with E-state index in [-0.39, 0.29) is 0 Å². The minimum absolute atomic E-state index is 0.303. The fraction of sp³-hybridized carbons (Fsp3) is 0.600. The first kappa shape index (κ1) is 14.7. The van der Waals surface area contributed by atoms with Gasteiger partial charge in [0.25, 0.3) is 5.56 Å². The third kappa shape index (κ3) is 2.60. The number of nitrogens with zero attached hydrogens (tertiary/aromatic N) is 1. The van der Waals surface area contributed by atoms with Crippen molar-refractivity contribution < 1.29 is 19.7 Å². The lowest BCUT2D eigenvalue weighted by Crippen LogP contribution is -2.39. The maximum absolute atomic E-state index is 11.8. The second-order valence-corrected chi connectivity index (χ2v) is 5.24. The number of aliphatic hydroxyl groups excluding tert-OH is 2. The van der Waals surface area contributed by atoms with E-state index in [2.05, 4.69) is 4.98 Å². The molecule has 8 nitrogen and oxygen atoms in total. The van der Waals surface area contributed by atoms with E-state index >= 15 is 0 Å². The predicted octanol–water partition coefficient (Wildman–Crippen LogP) is -1.59. The minimum Gasteiger partial charge on any atom is -0.394 e. The first-order valence-electron chi connectivity index (χ1n) is 5.47. The van der Waals surface area contributed by atoms with Crippen molar-refractivity contribution in [3.05, 3.63) is 30.6 Å². The highest BCUT2D eigenvalue weighted by molar-refractivity contribution is 14.1. The number of hydrogen-bond acceptors (Lipinski definition) is 6. The molecule has 3 N–H and O–H groups in total. The normalized spacial score (nSPS) is 30.7. The summed E-state index contributed by atoms with van der Waals surface area (Å²) in [4.78, 5) is 25.2. The van der Waals surface area contributed by atoms with E-state index in [1.165, 1.54) is 13.3 Å². The molecule has 2 rings (SSSR count). The second kappa shape index (κ2) is 5.71. The van der Waals surface area contributed by atoms with Crippen LogP contribution >= 0.6 is 22.6 Å². The van der Waals surface area contributed by atoms with Gasteiger partial charge in [-0.05, 0) is 22.6 Å². The molecule has 19 heavy (non-hydrogen) atoms. The Bertz CT molecular complexity index is 570. The molecule has 1 aliphatic rings. The van der Waals surface area contributed by atoms with E-state index in [4.69, 9.17) is 14.6 Å². The quantitative estimate of drug-likeness (QED) is 0.542. The Hall–Kier alpha value is -0.750. The van der Waals surface area contributed by atoms with Gasteiger partial charge >= 0.3 is 5.69 Å². The molecule has 106 valence electrons. The number of hydrogen-bond donors (Lipinski definition) is 3. The Morgan fingerprint density at radius 3 is 2.84 bits per heavy atom. The summed E-state index contributed by atoms with van der Waals surface area (Å²) in [7, 11) is 1.37. The fourth-order valence-corrected chi connectivity index (χ4v) is 2.43. The average molecular weight is 384 g/mol. The van der Waals surface area contributed by atoms with Crippen molar-refractivity contribution in [2.24, 2.45) is 0 Å². The molecule has 1 aromatic heterocycles. The van der Waals surface area contributed by atoms with Crippen molar-refractivity contribution in [3.8, 4) is 0 Å². The van der Waals surface area contributed by atoms with Gasteiger partial charge in [0.2, 0.25) is 0 Å². The minimum atomic E-state index is -1.06. The number of nitrogens with one attached hydrogen (secondary N) is 1. The second-order valence-electron chi connectivity index (χ2n) is 4.08. The van der Waals surface area contributed by atoms with Crippen LogP contribution in [0.2, 0.25) is 0 Å². The van der Waals surface area contributed by atoms with Crippen molar-refractivity contribution in [2.45, 2.75) is 24.5 Å². The van der Waals surface area contributed by atoms with Crippen molar-refractivity contribution in [1.82, 2.24) is 9.55 Å². The smallest absolute Gasteiger partial charge is 0.330 e. The molecule has 4 atom stereocenters. The SMILES string of the molecule is COC1[C@@H](O)[C@@H](CO)O[C@H]1n1cc(I)c(=O)[nH]c1=O. The molecule has 0 amide bonds. The molecule has 1 unspecified atom stereocenters. The van der Waals surface area contributed by atoms with Crippen LogP contribution in [0.4, 0.5) is 0 Å². The van der Waals surface area contributed by atoms with Crippen molar-refractivity contribution in [1.29, 1.82) is 0 Å². The highest BCUT2D eigenvalue weighted by Gasteiger charge is 2.45. The van der Waals surface area contributed by atoms with Crippen LogP contribution in [0.25, 0.3) is 0 Å². The van der Waals surface area contributed by atoms with Gasteiger partial charge in [-0.3, -0.25) is 14.3 Å². The molecule has 0 spiro atoms. The lowest BCUT2D eigenvalue weighted by atomic mass is 10.1. The van der Waals surface area contributed by atoms with Gasteiger partial charge in [0, 0.05) is 13.3 Å². The van der Waals surface area contributed by atoms with E-state index < -0.39 is 42.4 Å². The number of aromatic amines is 1. The highest BCUT2D eigenvalue weighted by atomic mass is 127. The average Bonchev–Trinajstić information content (AvgIpc) is 2.70. The molecule has 1 aromatic rings. The van der Waals surface area contributed by atoms with Gasteiger partial charge in [0.1, 0.15) is 18.3 Å². The molecular formula is C10H13IN2O6. The lowest BCUT2D eigenvalue weighted by molar-refractivity contribution is -0.0626. The van der Waals surface area contributed by atoms with Gasteiger partial charge in [-0.25, -0.2) is 4.79 Å². The van der Waals surface area contributed by atoms with E-state index in [1.807, 2.05) is 0 Å². The van der Waals surface area contributed by atoms with Crippen LogP contribution in [0.3, 0.4) is 0 Å². The van der Waals surface area contributed by atoms with Gasteiger partial charge in [-0.2, -0.15) is 0 Å². The molecule has 9 heteroatoms. The lowest BCUT2D eigenvalue weighted by Gasteiger charge is -2.20. The van der Waals surface area contributed by atoms with Gasteiger partial charge in [0.05, 0.1) is 10.2 Å². The molecule has 0 saturated carbocycles. The summed E-state index contributed by atoms with van der Waals surface area (Å²) in [5.41, 5.74) is -1.16. The number of methoxy groups -OCH3 is 1. The first-order chi connectivity index (χ1) is 8.99. The number of halogens is 1. The highest BCUT2D eigenvalue weighted by Crippen LogP contribution is 2.30. The third-order valence-corrected chi connectivity index (χ3v) is 3.73. The van der Waals surface area contributed by atoms with Crippen LogP contribution in [0.5, 0.6) is 0 Å². The summed E-state index contributed by atoms with van der Waals surface area (Å²) in [6.07, 6.45) is -2.29. The molecular weight excluding hydrogens is 371 g/mol. The Morgan fingerprint density at radius 1 is 1.58 bits per heavy atom. The molecule has 1 aliphatic heterocycles. The summed E-state index contributed by atoms with van der Waals surface area (Å²) in [5.74, 6) is 0. The Kier molecular flexibility index (Phi) is 4.40. The Labute approximate surface area is 121 Å². The van der Waals surface area contributed by atoms with E-state index in [0.717, 1.165) is 4.57 Å². The topological polar surface area (TPSA) is 114 Å². The summed E-state index contributed by atoms with van der Waals surface area (Å²) < 4.78 is 11.9. The first-order valence-corrected chi connectivity index (χ1v) is 6.55. The van der Waals surface area contributed by atoms with Crippen LogP contribution in [0, 0.1) is 3.57 Å². The molecule has 0 radical (unpaired) electrons. The van der Waals surface area contributed by atoms with Crippen molar-refractivity contribution in [2.75, 3.05) is 13.7 Å². The molecule has 0 bridgehead atoms. The van der Waals surface area contributed by atoms with Crippen molar-refractivity contribution in [3.63, 3.8) is 0 Å². The van der Waals surface area contributed by atoms with E-state index in [9.17, 15) is 14.7 Å². The number of aliphatic hydroxyl groups is 2. The number of aromatic nitrogens is 2. The van der Waals surface area contributed by atoms with E-state index in [0.29, 0.717) is 3.57 Å².